The number of rotatable bonds is 14. The molecule has 1 amide bonds. The van der Waals surface area contributed by atoms with Crippen LogP contribution in [0.2, 0.25) is 0 Å². The van der Waals surface area contributed by atoms with Gasteiger partial charge in [-0.05, 0) is 49.4 Å². The Morgan fingerprint density at radius 2 is 1.65 bits per heavy atom. The van der Waals surface area contributed by atoms with E-state index in [9.17, 15) is 4.79 Å². The van der Waals surface area contributed by atoms with Crippen LogP contribution in [-0.4, -0.2) is 39.8 Å². The maximum Gasteiger partial charge on any atom is 0.219 e. The van der Waals surface area contributed by atoms with Crippen molar-refractivity contribution in [3.05, 3.63) is 59.9 Å². The number of hydrogen-bond donors (Lipinski definition) is 1. The lowest BCUT2D eigenvalue weighted by molar-refractivity contribution is -0.697. The Bertz CT molecular complexity index is 783. The van der Waals surface area contributed by atoms with Crippen molar-refractivity contribution in [3.8, 4) is 0 Å². The van der Waals surface area contributed by atoms with Crippen molar-refractivity contribution < 1.29 is 14.1 Å². The zero-order chi connectivity index (χ0) is 22.3. The average Bonchev–Trinajstić information content (AvgIpc) is 2.78. The van der Waals surface area contributed by atoms with E-state index in [1.807, 2.05) is 21.0 Å². The smallest absolute Gasteiger partial charge is 0.219 e. The summed E-state index contributed by atoms with van der Waals surface area (Å²) in [5, 5.41) is 2.95. The molecular weight excluding hydrogens is 386 g/mol. The number of nitrogens with zero attached hydrogens (tertiary/aromatic N) is 2. The van der Waals surface area contributed by atoms with Gasteiger partial charge in [0.2, 0.25) is 5.91 Å². The maximum atomic E-state index is 11.8. The number of unbranched alkanes of at least 4 members (excludes halogenated alkanes) is 2. The van der Waals surface area contributed by atoms with Crippen LogP contribution in [0.5, 0.6) is 0 Å². The Kier molecular flexibility index (Phi) is 11.4. The van der Waals surface area contributed by atoms with Crippen molar-refractivity contribution in [2.75, 3.05) is 38.8 Å². The van der Waals surface area contributed by atoms with Gasteiger partial charge in [0.25, 0.3) is 0 Å². The molecule has 5 nitrogen and oxygen atoms in total. The van der Waals surface area contributed by atoms with Gasteiger partial charge in [-0.3, -0.25) is 4.79 Å². The largest absolute Gasteiger partial charge is 0.382 e. The summed E-state index contributed by atoms with van der Waals surface area (Å²) in [6, 6.07) is 12.8. The SMILES string of the molecule is CCOCCCNC(=O)CCCCC[n+]1ccc(C=Cc2ccc(N(C)C)cc2)cc1. The van der Waals surface area contributed by atoms with Crippen LogP contribution in [0.1, 0.15) is 50.2 Å². The fourth-order valence-corrected chi connectivity index (χ4v) is 3.20. The number of benzene rings is 1. The van der Waals surface area contributed by atoms with Crippen LogP contribution in [0.3, 0.4) is 0 Å². The Labute approximate surface area is 187 Å². The molecule has 168 valence electrons. The molecule has 0 fully saturated rings. The first-order valence-electron chi connectivity index (χ1n) is 11.4. The van der Waals surface area contributed by atoms with Gasteiger partial charge in [0, 0.05) is 64.5 Å². The van der Waals surface area contributed by atoms with E-state index >= 15 is 0 Å². The lowest BCUT2D eigenvalue weighted by atomic mass is 10.1. The highest BCUT2D eigenvalue weighted by Gasteiger charge is 2.03. The first kappa shape index (κ1) is 24.6. The number of ether oxygens (including phenoxy) is 1. The van der Waals surface area contributed by atoms with Crippen LogP contribution >= 0.6 is 0 Å². The topological polar surface area (TPSA) is 45.5 Å². The molecule has 0 saturated heterocycles. The lowest BCUT2D eigenvalue weighted by Gasteiger charge is -2.11. The summed E-state index contributed by atoms with van der Waals surface area (Å²) >= 11 is 0. The standard InChI is InChI=1S/C26H37N3O2/c1-4-31-22-8-18-27-26(30)9-6-5-7-19-29-20-16-24(17-21-29)11-10-23-12-14-25(15-13-23)28(2)3/h10-17,20-21H,4-9,18-19,22H2,1-3H3/p+1. The quantitative estimate of drug-likeness (QED) is 0.363. The van der Waals surface area contributed by atoms with E-state index in [-0.39, 0.29) is 5.91 Å². The number of carbonyl (C=O) groups is 1. The molecule has 2 aromatic rings. The second-order valence-electron chi connectivity index (χ2n) is 7.90. The first-order valence-corrected chi connectivity index (χ1v) is 11.4. The number of nitrogens with one attached hydrogen (secondary N) is 1. The average molecular weight is 425 g/mol. The van der Waals surface area contributed by atoms with Crippen LogP contribution in [0.4, 0.5) is 5.69 Å². The van der Waals surface area contributed by atoms with Crippen molar-refractivity contribution >= 4 is 23.7 Å². The molecule has 1 heterocycles. The van der Waals surface area contributed by atoms with E-state index in [1.165, 1.54) is 16.8 Å². The number of carbonyl (C=O) groups excluding carboxylic acids is 1. The number of hydrogen-bond acceptors (Lipinski definition) is 3. The molecule has 0 aliphatic heterocycles. The molecule has 1 aromatic heterocycles. The Morgan fingerprint density at radius 3 is 2.29 bits per heavy atom. The van der Waals surface area contributed by atoms with E-state index in [4.69, 9.17) is 4.74 Å². The summed E-state index contributed by atoms with van der Waals surface area (Å²) in [6.45, 7) is 5.11. The van der Waals surface area contributed by atoms with Crippen molar-refractivity contribution in [1.29, 1.82) is 0 Å². The monoisotopic (exact) mass is 424 g/mol. The normalized spacial score (nSPS) is 11.1. The van der Waals surface area contributed by atoms with Gasteiger partial charge < -0.3 is 15.0 Å². The fraction of sp³-hybridized carbons (Fsp3) is 0.462. The Balaban J connectivity index is 1.62. The van der Waals surface area contributed by atoms with Gasteiger partial charge in [-0.1, -0.05) is 24.3 Å². The summed E-state index contributed by atoms with van der Waals surface area (Å²) in [5.74, 6) is 0.150. The predicted octanol–water partition coefficient (Wildman–Crippen LogP) is 4.31. The minimum absolute atomic E-state index is 0.150. The van der Waals surface area contributed by atoms with Crippen molar-refractivity contribution in [1.82, 2.24) is 5.32 Å². The molecule has 0 bridgehead atoms. The number of aromatic nitrogens is 1. The highest BCUT2D eigenvalue weighted by atomic mass is 16.5. The van der Waals surface area contributed by atoms with Crippen LogP contribution in [0.15, 0.2) is 48.8 Å². The summed E-state index contributed by atoms with van der Waals surface area (Å²) in [7, 11) is 4.10. The molecule has 0 aliphatic carbocycles. The van der Waals surface area contributed by atoms with Gasteiger partial charge >= 0.3 is 0 Å². The minimum atomic E-state index is 0.150. The molecule has 0 aliphatic rings. The third-order valence-corrected chi connectivity index (χ3v) is 5.11. The van der Waals surface area contributed by atoms with Gasteiger partial charge in [-0.15, -0.1) is 0 Å². The maximum absolute atomic E-state index is 11.8. The number of anilines is 1. The number of pyridine rings is 1. The molecule has 0 unspecified atom stereocenters. The van der Waals surface area contributed by atoms with E-state index in [0.29, 0.717) is 19.6 Å². The molecular formula is C26H38N3O2+. The van der Waals surface area contributed by atoms with E-state index in [0.717, 1.165) is 38.8 Å². The van der Waals surface area contributed by atoms with Gasteiger partial charge in [-0.2, -0.15) is 0 Å². The van der Waals surface area contributed by atoms with Gasteiger partial charge in [0.05, 0.1) is 0 Å². The molecule has 1 N–H and O–H groups in total. The molecule has 31 heavy (non-hydrogen) atoms. The van der Waals surface area contributed by atoms with Crippen LogP contribution in [0, 0.1) is 0 Å². The zero-order valence-electron chi connectivity index (χ0n) is 19.3. The molecule has 2 rings (SSSR count). The first-order chi connectivity index (χ1) is 15.1. The van der Waals surface area contributed by atoms with Gasteiger partial charge in [0.1, 0.15) is 6.54 Å². The minimum Gasteiger partial charge on any atom is -0.382 e. The van der Waals surface area contributed by atoms with Crippen molar-refractivity contribution in [2.24, 2.45) is 0 Å². The molecule has 5 heteroatoms. The number of amides is 1. The van der Waals surface area contributed by atoms with Crippen LogP contribution in [0.25, 0.3) is 12.2 Å². The highest BCUT2D eigenvalue weighted by molar-refractivity contribution is 5.75. The summed E-state index contributed by atoms with van der Waals surface area (Å²) < 4.78 is 7.47. The summed E-state index contributed by atoms with van der Waals surface area (Å²) in [5.41, 5.74) is 3.59. The molecule has 0 atom stereocenters. The fourth-order valence-electron chi connectivity index (χ4n) is 3.20. The highest BCUT2D eigenvalue weighted by Crippen LogP contribution is 2.14. The number of aryl methyl sites for hydroxylation is 1. The van der Waals surface area contributed by atoms with Gasteiger partial charge in [0.15, 0.2) is 12.4 Å². The third-order valence-electron chi connectivity index (χ3n) is 5.11. The van der Waals surface area contributed by atoms with E-state index < -0.39 is 0 Å². The predicted molar refractivity (Wildman–Crippen MR) is 129 cm³/mol. The third kappa shape index (κ3) is 10.3. The van der Waals surface area contributed by atoms with Crippen LogP contribution < -0.4 is 14.8 Å². The Hall–Kier alpha value is -2.66. The van der Waals surface area contributed by atoms with E-state index in [2.05, 4.69) is 75.7 Å². The summed E-state index contributed by atoms with van der Waals surface area (Å²) in [6.07, 6.45) is 13.1. The van der Waals surface area contributed by atoms with Crippen molar-refractivity contribution in [3.63, 3.8) is 0 Å². The second kappa shape index (κ2) is 14.4. The van der Waals surface area contributed by atoms with Crippen molar-refractivity contribution in [2.45, 2.75) is 45.6 Å². The second-order valence-corrected chi connectivity index (χ2v) is 7.90. The van der Waals surface area contributed by atoms with Gasteiger partial charge in [-0.25, -0.2) is 4.57 Å². The molecule has 0 radical (unpaired) electrons. The Morgan fingerprint density at radius 1 is 0.968 bits per heavy atom. The van der Waals surface area contributed by atoms with E-state index in [1.54, 1.807) is 0 Å². The molecule has 1 aromatic carbocycles. The molecule has 0 spiro atoms. The lowest BCUT2D eigenvalue weighted by Crippen LogP contribution is -2.32. The summed E-state index contributed by atoms with van der Waals surface area (Å²) in [4.78, 5) is 13.9. The van der Waals surface area contributed by atoms with Crippen LogP contribution in [-0.2, 0) is 16.1 Å². The molecule has 0 saturated carbocycles. The zero-order valence-corrected chi connectivity index (χ0v) is 19.3.